The highest BCUT2D eigenvalue weighted by molar-refractivity contribution is 9.11. The van der Waals surface area contributed by atoms with Crippen LogP contribution in [0.4, 0.5) is 0 Å². The summed E-state index contributed by atoms with van der Waals surface area (Å²) in [6, 6.07) is 4.07. The van der Waals surface area contributed by atoms with Gasteiger partial charge in [0.2, 0.25) is 10.9 Å². The number of aromatic carboxylic acids is 1. The highest BCUT2D eigenvalue weighted by Crippen LogP contribution is 2.24. The predicted molar refractivity (Wildman–Crippen MR) is 76.3 cm³/mol. The van der Waals surface area contributed by atoms with Crippen LogP contribution in [0, 0.1) is 0 Å². The molecule has 9 heteroatoms. The first-order valence-corrected chi connectivity index (χ1v) is 8.44. The van der Waals surface area contributed by atoms with Crippen LogP contribution in [0.25, 0.3) is 0 Å². The molecule has 2 heterocycles. The fraction of sp³-hybridized carbons (Fsp3) is 0.182. The van der Waals surface area contributed by atoms with Crippen LogP contribution in [-0.2, 0) is 16.6 Å². The van der Waals surface area contributed by atoms with Crippen molar-refractivity contribution in [2.45, 2.75) is 11.6 Å². The Balaban J connectivity index is 2.22. The van der Waals surface area contributed by atoms with Gasteiger partial charge in [-0.2, -0.15) is 4.31 Å². The minimum Gasteiger partial charge on any atom is -0.475 e. The molecular formula is C11H10BrNO5S2. The lowest BCUT2D eigenvalue weighted by Gasteiger charge is -2.14. The second kappa shape index (κ2) is 5.68. The van der Waals surface area contributed by atoms with Crippen molar-refractivity contribution in [2.75, 3.05) is 7.05 Å². The summed E-state index contributed by atoms with van der Waals surface area (Å²) in [6.07, 6.45) is 0. The van der Waals surface area contributed by atoms with Crippen molar-refractivity contribution in [3.63, 3.8) is 0 Å². The fourth-order valence-electron chi connectivity index (χ4n) is 1.50. The molecule has 2 rings (SSSR count). The van der Waals surface area contributed by atoms with E-state index in [2.05, 4.69) is 15.9 Å². The van der Waals surface area contributed by atoms with Crippen molar-refractivity contribution < 1.29 is 22.7 Å². The smallest absolute Gasteiger partial charge is 0.371 e. The van der Waals surface area contributed by atoms with Gasteiger partial charge in [0.15, 0.2) is 0 Å². The van der Waals surface area contributed by atoms with Crippen LogP contribution < -0.4 is 0 Å². The summed E-state index contributed by atoms with van der Waals surface area (Å²) in [7, 11) is -2.44. The molecule has 0 aliphatic carbocycles. The summed E-state index contributed by atoms with van der Waals surface area (Å²) in [5.74, 6) is -1.72. The van der Waals surface area contributed by atoms with Gasteiger partial charge >= 0.3 is 5.97 Å². The Labute approximate surface area is 127 Å². The maximum absolute atomic E-state index is 12.2. The number of carboxylic acids is 1. The van der Waals surface area contributed by atoms with Crippen LogP contribution in [0.1, 0.15) is 16.1 Å². The lowest BCUT2D eigenvalue weighted by atomic mass is 10.3. The summed E-state index contributed by atoms with van der Waals surface area (Å²) in [5, 5.41) is 10.2. The van der Waals surface area contributed by atoms with E-state index in [4.69, 9.17) is 9.52 Å². The second-order valence-electron chi connectivity index (χ2n) is 3.94. The van der Waals surface area contributed by atoms with E-state index >= 15 is 0 Å². The predicted octanol–water partition coefficient (Wildman–Crippen LogP) is 2.62. The minimum absolute atomic E-state index is 0.174. The summed E-state index contributed by atoms with van der Waals surface area (Å²) in [5.41, 5.74) is 0.831. The molecule has 0 spiro atoms. The van der Waals surface area contributed by atoms with Crippen LogP contribution >= 0.6 is 27.3 Å². The van der Waals surface area contributed by atoms with Gasteiger partial charge in [0.25, 0.3) is 10.0 Å². The monoisotopic (exact) mass is 379 g/mol. The van der Waals surface area contributed by atoms with Crippen LogP contribution in [0.2, 0.25) is 0 Å². The van der Waals surface area contributed by atoms with E-state index in [1.807, 2.05) is 11.4 Å². The molecule has 0 fully saturated rings. The van der Waals surface area contributed by atoms with Gasteiger partial charge in [-0.1, -0.05) is 0 Å². The van der Waals surface area contributed by atoms with Crippen molar-refractivity contribution in [2.24, 2.45) is 0 Å². The molecule has 2 aromatic rings. The van der Waals surface area contributed by atoms with Crippen LogP contribution in [0.5, 0.6) is 0 Å². The molecule has 0 aromatic carbocycles. The molecule has 0 amide bonds. The van der Waals surface area contributed by atoms with Gasteiger partial charge in [0.1, 0.15) is 0 Å². The van der Waals surface area contributed by atoms with Gasteiger partial charge in [-0.3, -0.25) is 0 Å². The van der Waals surface area contributed by atoms with Crippen LogP contribution in [0.15, 0.2) is 36.9 Å². The lowest BCUT2D eigenvalue weighted by molar-refractivity contribution is 0.0656. The van der Waals surface area contributed by atoms with E-state index in [0.717, 1.165) is 25.8 Å². The summed E-state index contributed by atoms with van der Waals surface area (Å²) >= 11 is 4.76. The number of furan rings is 1. The zero-order valence-corrected chi connectivity index (χ0v) is 13.5. The molecular weight excluding hydrogens is 370 g/mol. The summed E-state index contributed by atoms with van der Waals surface area (Å²) in [6.45, 7) is 0.174. The first kappa shape index (κ1) is 15.2. The SMILES string of the molecule is CN(Cc1csc(Br)c1)S(=O)(=O)c1ccc(C(=O)O)o1. The zero-order valence-electron chi connectivity index (χ0n) is 10.2. The van der Waals surface area contributed by atoms with E-state index in [0.29, 0.717) is 0 Å². The van der Waals surface area contributed by atoms with Gasteiger partial charge in [0.05, 0.1) is 3.79 Å². The van der Waals surface area contributed by atoms with Crippen molar-refractivity contribution in [1.82, 2.24) is 4.31 Å². The molecule has 0 aliphatic rings. The number of rotatable bonds is 5. The maximum Gasteiger partial charge on any atom is 0.371 e. The molecule has 0 bridgehead atoms. The van der Waals surface area contributed by atoms with E-state index < -0.39 is 21.8 Å². The van der Waals surface area contributed by atoms with E-state index in [-0.39, 0.29) is 11.6 Å². The first-order valence-electron chi connectivity index (χ1n) is 5.33. The number of hydrogen-bond acceptors (Lipinski definition) is 5. The number of nitrogens with zero attached hydrogens (tertiary/aromatic N) is 1. The van der Waals surface area contributed by atoms with Gasteiger partial charge in [0, 0.05) is 13.6 Å². The Morgan fingerprint density at radius 2 is 2.20 bits per heavy atom. The van der Waals surface area contributed by atoms with Gasteiger partial charge in [-0.05, 0) is 45.1 Å². The standard InChI is InChI=1S/C11H10BrNO5S2/c1-13(5-7-4-9(12)19-6-7)20(16,17)10-3-2-8(18-10)11(14)15/h2-4,6H,5H2,1H3,(H,14,15). The molecule has 0 saturated heterocycles. The molecule has 0 atom stereocenters. The molecule has 0 aliphatic heterocycles. The van der Waals surface area contributed by atoms with Gasteiger partial charge in [-0.15, -0.1) is 11.3 Å². The molecule has 0 unspecified atom stereocenters. The van der Waals surface area contributed by atoms with Gasteiger partial charge in [-0.25, -0.2) is 13.2 Å². The quantitative estimate of drug-likeness (QED) is 0.862. The van der Waals surface area contributed by atoms with E-state index in [9.17, 15) is 13.2 Å². The third kappa shape index (κ3) is 3.11. The Hall–Kier alpha value is -1.16. The molecule has 0 saturated carbocycles. The highest BCUT2D eigenvalue weighted by Gasteiger charge is 2.26. The van der Waals surface area contributed by atoms with Crippen molar-refractivity contribution in [3.05, 3.63) is 38.7 Å². The molecule has 20 heavy (non-hydrogen) atoms. The number of carbonyl (C=O) groups is 1. The average Bonchev–Trinajstić information content (AvgIpc) is 2.98. The topological polar surface area (TPSA) is 87.8 Å². The number of thiophene rings is 1. The average molecular weight is 380 g/mol. The molecule has 0 radical (unpaired) electrons. The summed E-state index contributed by atoms with van der Waals surface area (Å²) in [4.78, 5) is 10.7. The van der Waals surface area contributed by atoms with Crippen LogP contribution in [-0.4, -0.2) is 30.8 Å². The van der Waals surface area contributed by atoms with Crippen molar-refractivity contribution in [3.8, 4) is 0 Å². The number of sulfonamides is 1. The Morgan fingerprint density at radius 3 is 2.70 bits per heavy atom. The zero-order chi connectivity index (χ0) is 14.9. The largest absolute Gasteiger partial charge is 0.475 e. The van der Waals surface area contributed by atoms with E-state index in [1.54, 1.807) is 0 Å². The Kier molecular flexibility index (Phi) is 4.33. The molecule has 6 nitrogen and oxygen atoms in total. The van der Waals surface area contributed by atoms with Crippen molar-refractivity contribution in [1.29, 1.82) is 0 Å². The number of hydrogen-bond donors (Lipinski definition) is 1. The minimum atomic E-state index is -3.85. The van der Waals surface area contributed by atoms with Crippen molar-refractivity contribution >= 4 is 43.3 Å². The Bertz CT molecular complexity index is 734. The maximum atomic E-state index is 12.2. The Morgan fingerprint density at radius 1 is 1.50 bits per heavy atom. The molecule has 1 N–H and O–H groups in total. The van der Waals surface area contributed by atoms with E-state index in [1.165, 1.54) is 18.4 Å². The summed E-state index contributed by atoms with van der Waals surface area (Å²) < 4.78 is 31.3. The third-order valence-electron chi connectivity index (χ3n) is 2.48. The highest BCUT2D eigenvalue weighted by atomic mass is 79.9. The van der Waals surface area contributed by atoms with Gasteiger partial charge < -0.3 is 9.52 Å². The fourth-order valence-corrected chi connectivity index (χ4v) is 3.76. The van der Waals surface area contributed by atoms with Crippen LogP contribution in [0.3, 0.4) is 0 Å². The second-order valence-corrected chi connectivity index (χ2v) is 8.21. The molecule has 108 valence electrons. The number of halogens is 1. The lowest BCUT2D eigenvalue weighted by Crippen LogP contribution is -2.25. The normalized spacial score (nSPS) is 11.9. The molecule has 2 aromatic heterocycles. The third-order valence-corrected chi connectivity index (χ3v) is 5.71. The first-order chi connectivity index (χ1) is 9.30. The number of carboxylic acid groups (broad SMARTS) is 1.